The van der Waals surface area contributed by atoms with Crippen LogP contribution in [0.15, 0.2) is 206 Å². The lowest BCUT2D eigenvalue weighted by Crippen LogP contribution is -2.41. The summed E-state index contributed by atoms with van der Waals surface area (Å²) in [7, 11) is 0. The van der Waals surface area contributed by atoms with Crippen molar-refractivity contribution in [2.24, 2.45) is 0 Å². The van der Waals surface area contributed by atoms with E-state index in [1.807, 2.05) is 0 Å². The minimum atomic E-state index is -0.384. The van der Waals surface area contributed by atoms with Crippen LogP contribution in [-0.2, 0) is 0 Å². The molecule has 57 heavy (non-hydrogen) atoms. The molecule has 0 bridgehead atoms. The Morgan fingerprint density at radius 1 is 0.491 bits per heavy atom. The van der Waals surface area contributed by atoms with Gasteiger partial charge in [0.2, 0.25) is 0 Å². The van der Waals surface area contributed by atoms with Gasteiger partial charge in [0.1, 0.15) is 0 Å². The minimum Gasteiger partial charge on any atom is -0.329 e. The summed E-state index contributed by atoms with van der Waals surface area (Å²) in [5.74, 6) is 0. The van der Waals surface area contributed by atoms with Crippen LogP contribution in [0, 0.1) is 0 Å². The average Bonchev–Trinajstić information content (AvgIpc) is 3.76. The number of allylic oxidation sites excluding steroid dienone is 2. The summed E-state index contributed by atoms with van der Waals surface area (Å²) < 4.78 is 2.50. The molecule has 0 saturated carbocycles. The van der Waals surface area contributed by atoms with Crippen LogP contribution in [0.2, 0.25) is 0 Å². The van der Waals surface area contributed by atoms with E-state index in [1.54, 1.807) is 0 Å². The molecule has 9 aromatic rings. The Labute approximate surface area is 333 Å². The van der Waals surface area contributed by atoms with Crippen molar-refractivity contribution in [3.63, 3.8) is 0 Å². The van der Waals surface area contributed by atoms with Crippen LogP contribution < -0.4 is 4.90 Å². The molecule has 11 rings (SSSR count). The van der Waals surface area contributed by atoms with Gasteiger partial charge in [0.05, 0.1) is 33.6 Å². The highest BCUT2D eigenvalue weighted by Crippen LogP contribution is 2.59. The normalized spacial score (nSPS) is 16.0. The molecule has 1 atom stereocenters. The molecule has 1 unspecified atom stereocenters. The number of aromatic nitrogens is 2. The number of nitrogens with zero attached hydrogens (tertiary/aromatic N) is 3. The van der Waals surface area contributed by atoms with Crippen LogP contribution in [0.25, 0.3) is 72.3 Å². The summed E-state index contributed by atoms with van der Waals surface area (Å²) in [6.45, 7) is 2.43. The maximum Gasteiger partial charge on any atom is 0.0785 e. The number of anilines is 2. The first-order valence-corrected chi connectivity index (χ1v) is 19.8. The molecule has 0 radical (unpaired) electrons. The van der Waals surface area contributed by atoms with Crippen molar-refractivity contribution in [2.45, 2.75) is 18.9 Å². The Kier molecular flexibility index (Phi) is 7.68. The fourth-order valence-electron chi connectivity index (χ4n) is 9.21. The van der Waals surface area contributed by atoms with Gasteiger partial charge in [-0.25, -0.2) is 4.98 Å². The number of benzene rings is 7. The summed E-state index contributed by atoms with van der Waals surface area (Å²) in [5.41, 5.74) is 17.1. The van der Waals surface area contributed by atoms with Gasteiger partial charge < -0.3 is 9.47 Å². The standard InChI is InChI=1S/C54H39N3/c1-54-32-31-42(38-19-9-3-10-20-38)34-48(54)46-29-28-45-47-33-41(37-17-7-2-8-18-37)27-30-51(47)56(43-25-15-6-16-26-43)52(45)53(46)57(54)44-35-49(39-21-11-4-12-22-39)55-50(36-44)40-23-13-5-14-24-40/h2-31,33-36H,32H2,1H3. The predicted molar refractivity (Wildman–Crippen MR) is 239 cm³/mol. The van der Waals surface area contributed by atoms with E-state index in [0.29, 0.717) is 0 Å². The van der Waals surface area contributed by atoms with E-state index in [2.05, 4.69) is 223 Å². The Bertz CT molecular complexity index is 2960. The molecular formula is C54H39N3. The van der Waals surface area contributed by atoms with Gasteiger partial charge in [0.25, 0.3) is 0 Å². The highest BCUT2D eigenvalue weighted by Gasteiger charge is 2.47. The van der Waals surface area contributed by atoms with Gasteiger partial charge >= 0.3 is 0 Å². The van der Waals surface area contributed by atoms with Crippen molar-refractivity contribution in [1.29, 1.82) is 0 Å². The molecule has 0 amide bonds. The van der Waals surface area contributed by atoms with Gasteiger partial charge in [-0.1, -0.05) is 164 Å². The second-order valence-corrected chi connectivity index (χ2v) is 15.4. The van der Waals surface area contributed by atoms with Gasteiger partial charge in [-0.05, 0) is 83.7 Å². The first kappa shape index (κ1) is 33.1. The van der Waals surface area contributed by atoms with Crippen LogP contribution in [0.1, 0.15) is 24.5 Å². The van der Waals surface area contributed by atoms with E-state index in [0.717, 1.165) is 40.3 Å². The minimum absolute atomic E-state index is 0.384. The topological polar surface area (TPSA) is 21.1 Å². The van der Waals surface area contributed by atoms with Gasteiger partial charge in [-0.3, -0.25) is 0 Å². The van der Waals surface area contributed by atoms with Crippen LogP contribution >= 0.6 is 0 Å². The molecule has 7 aromatic carbocycles. The number of rotatable bonds is 6. The maximum absolute atomic E-state index is 5.32. The van der Waals surface area contributed by atoms with Crippen molar-refractivity contribution in [3.05, 3.63) is 217 Å². The van der Waals surface area contributed by atoms with Crippen LogP contribution in [-0.4, -0.2) is 15.1 Å². The van der Waals surface area contributed by atoms with Crippen LogP contribution in [0.3, 0.4) is 0 Å². The molecule has 0 spiro atoms. The zero-order valence-electron chi connectivity index (χ0n) is 31.7. The Morgan fingerprint density at radius 3 is 1.67 bits per heavy atom. The molecule has 1 aliphatic heterocycles. The quantitative estimate of drug-likeness (QED) is 0.170. The number of hydrogen-bond acceptors (Lipinski definition) is 2. The fourth-order valence-corrected chi connectivity index (χ4v) is 9.21. The molecule has 2 aromatic heterocycles. The number of pyridine rings is 1. The van der Waals surface area contributed by atoms with Gasteiger partial charge in [0, 0.05) is 38.8 Å². The van der Waals surface area contributed by atoms with Crippen molar-refractivity contribution < 1.29 is 0 Å². The monoisotopic (exact) mass is 729 g/mol. The third kappa shape index (κ3) is 5.38. The summed E-state index contributed by atoms with van der Waals surface area (Å²) >= 11 is 0. The molecule has 0 saturated heterocycles. The molecule has 3 heterocycles. The van der Waals surface area contributed by atoms with Crippen molar-refractivity contribution in [2.75, 3.05) is 4.90 Å². The predicted octanol–water partition coefficient (Wildman–Crippen LogP) is 14.0. The lowest BCUT2D eigenvalue weighted by molar-refractivity contribution is 0.609. The van der Waals surface area contributed by atoms with E-state index in [-0.39, 0.29) is 5.54 Å². The number of para-hydroxylation sites is 1. The van der Waals surface area contributed by atoms with Crippen molar-refractivity contribution in [3.8, 4) is 39.3 Å². The molecule has 270 valence electrons. The smallest absolute Gasteiger partial charge is 0.0785 e. The lowest BCUT2D eigenvalue weighted by Gasteiger charge is -2.40. The van der Waals surface area contributed by atoms with Crippen LogP contribution in [0.5, 0.6) is 0 Å². The van der Waals surface area contributed by atoms with E-state index in [1.165, 1.54) is 60.9 Å². The van der Waals surface area contributed by atoms with E-state index in [4.69, 9.17) is 4.98 Å². The SMILES string of the molecule is CC12CC=C(c3ccccc3)C=C1c1ccc3c4cc(-c5ccccc5)ccc4n(-c4ccccc4)c3c1N2c1cc(-c2ccccc2)nc(-c2ccccc2)c1. The van der Waals surface area contributed by atoms with Crippen LogP contribution in [0.4, 0.5) is 11.4 Å². The molecule has 3 heteroatoms. The zero-order valence-corrected chi connectivity index (χ0v) is 31.7. The average molecular weight is 730 g/mol. The summed E-state index contributed by atoms with van der Waals surface area (Å²) in [6, 6.07) is 69.9. The van der Waals surface area contributed by atoms with E-state index >= 15 is 0 Å². The fraction of sp³-hybridized carbons (Fsp3) is 0.0556. The first-order chi connectivity index (χ1) is 28.1. The number of fused-ring (bicyclic) bond motifs is 7. The summed E-state index contributed by atoms with van der Waals surface area (Å²) in [6.07, 6.45) is 5.72. The summed E-state index contributed by atoms with van der Waals surface area (Å²) in [5, 5.41) is 2.47. The van der Waals surface area contributed by atoms with Gasteiger partial charge in [-0.2, -0.15) is 0 Å². The van der Waals surface area contributed by atoms with Gasteiger partial charge in [0.15, 0.2) is 0 Å². The Balaban J connectivity index is 1.25. The third-order valence-corrected chi connectivity index (χ3v) is 11.9. The molecule has 2 aliphatic rings. The highest BCUT2D eigenvalue weighted by atomic mass is 15.2. The zero-order chi connectivity index (χ0) is 37.9. The van der Waals surface area contributed by atoms with Crippen molar-refractivity contribution in [1.82, 2.24) is 9.55 Å². The van der Waals surface area contributed by atoms with Gasteiger partial charge in [-0.15, -0.1) is 0 Å². The molecular weight excluding hydrogens is 691 g/mol. The Hall–Kier alpha value is -7.23. The number of hydrogen-bond donors (Lipinski definition) is 0. The highest BCUT2D eigenvalue weighted by molar-refractivity contribution is 6.19. The van der Waals surface area contributed by atoms with E-state index < -0.39 is 0 Å². The third-order valence-electron chi connectivity index (χ3n) is 11.9. The second-order valence-electron chi connectivity index (χ2n) is 15.4. The summed E-state index contributed by atoms with van der Waals surface area (Å²) in [4.78, 5) is 7.97. The maximum atomic E-state index is 5.32. The largest absolute Gasteiger partial charge is 0.329 e. The Morgan fingerprint density at radius 2 is 1.05 bits per heavy atom. The molecule has 0 fully saturated rings. The molecule has 1 aliphatic carbocycles. The lowest BCUT2D eigenvalue weighted by atomic mass is 9.80. The molecule has 3 nitrogen and oxygen atoms in total. The second kappa shape index (κ2) is 13.2. The molecule has 0 N–H and O–H groups in total. The van der Waals surface area contributed by atoms with E-state index in [9.17, 15) is 0 Å². The first-order valence-electron chi connectivity index (χ1n) is 19.8. The van der Waals surface area contributed by atoms with Crippen molar-refractivity contribution >= 4 is 44.3 Å².